The Hall–Kier alpha value is -1.73. The molecule has 1 amide bonds. The molecule has 0 atom stereocenters. The van der Waals surface area contributed by atoms with Crippen molar-refractivity contribution in [2.45, 2.75) is 32.0 Å². The molecule has 3 rings (SSSR count). The van der Waals surface area contributed by atoms with Crippen molar-refractivity contribution in [3.63, 3.8) is 0 Å². The number of alkyl halides is 3. The third kappa shape index (κ3) is 3.48. The van der Waals surface area contributed by atoms with E-state index in [9.17, 15) is 18.0 Å². The van der Waals surface area contributed by atoms with Crippen LogP contribution in [0, 0.1) is 5.92 Å². The fourth-order valence-electron chi connectivity index (χ4n) is 2.38. The fraction of sp³-hybridized carbons (Fsp3) is 0.692. The van der Waals surface area contributed by atoms with E-state index in [4.69, 9.17) is 4.74 Å². The highest BCUT2D eigenvalue weighted by atomic mass is 19.4. The van der Waals surface area contributed by atoms with Gasteiger partial charge in [-0.1, -0.05) is 0 Å². The third-order valence-corrected chi connectivity index (χ3v) is 3.56. The molecule has 1 saturated carbocycles. The van der Waals surface area contributed by atoms with E-state index in [1.807, 2.05) is 0 Å². The molecule has 2 aliphatic rings. The first-order chi connectivity index (χ1) is 9.92. The summed E-state index contributed by atoms with van der Waals surface area (Å²) in [6.45, 7) is 0.0605. The summed E-state index contributed by atoms with van der Waals surface area (Å²) in [6.07, 6.45) is -1.87. The lowest BCUT2D eigenvalue weighted by Crippen LogP contribution is -2.40. The van der Waals surface area contributed by atoms with Crippen molar-refractivity contribution in [2.75, 3.05) is 19.7 Å². The van der Waals surface area contributed by atoms with E-state index in [0.717, 1.165) is 24.2 Å². The van der Waals surface area contributed by atoms with Crippen LogP contribution in [0.15, 0.2) is 6.07 Å². The Kier molecular flexibility index (Phi) is 3.54. The Labute approximate surface area is 119 Å². The molecule has 2 heterocycles. The van der Waals surface area contributed by atoms with E-state index in [-0.39, 0.29) is 18.2 Å². The van der Waals surface area contributed by atoms with Crippen LogP contribution in [-0.2, 0) is 6.54 Å². The van der Waals surface area contributed by atoms with Crippen molar-refractivity contribution in [3.05, 3.63) is 11.8 Å². The van der Waals surface area contributed by atoms with Gasteiger partial charge in [-0.25, -0.2) is 4.68 Å². The van der Waals surface area contributed by atoms with E-state index >= 15 is 0 Å². The number of ether oxygens (including phenoxy) is 1. The summed E-state index contributed by atoms with van der Waals surface area (Å²) in [4.78, 5) is 13.2. The Morgan fingerprint density at radius 2 is 2.24 bits per heavy atom. The minimum absolute atomic E-state index is 0.0248. The van der Waals surface area contributed by atoms with Crippen molar-refractivity contribution in [1.29, 1.82) is 0 Å². The molecule has 0 radical (unpaired) electrons. The molecular formula is C13H16F3N3O2. The van der Waals surface area contributed by atoms with Crippen LogP contribution in [0.1, 0.15) is 29.8 Å². The first-order valence-electron chi connectivity index (χ1n) is 6.99. The summed E-state index contributed by atoms with van der Waals surface area (Å²) in [5.74, 6) is -0.0440. The zero-order chi connectivity index (χ0) is 15.0. The Morgan fingerprint density at radius 3 is 2.86 bits per heavy atom. The molecule has 0 aromatic carbocycles. The third-order valence-electron chi connectivity index (χ3n) is 3.56. The molecule has 21 heavy (non-hydrogen) atoms. The maximum Gasteiger partial charge on any atom is 0.406 e. The number of aryl methyl sites for hydroxylation is 1. The minimum Gasteiger partial charge on any atom is -0.478 e. The average molecular weight is 303 g/mol. The molecule has 0 spiro atoms. The van der Waals surface area contributed by atoms with Gasteiger partial charge in [-0.3, -0.25) is 4.79 Å². The smallest absolute Gasteiger partial charge is 0.406 e. The van der Waals surface area contributed by atoms with Crippen molar-refractivity contribution >= 4 is 5.91 Å². The summed E-state index contributed by atoms with van der Waals surface area (Å²) >= 11 is 0. The lowest BCUT2D eigenvalue weighted by Gasteiger charge is -2.22. The van der Waals surface area contributed by atoms with Crippen LogP contribution in [0.3, 0.4) is 0 Å². The molecule has 0 N–H and O–H groups in total. The molecule has 1 aliphatic carbocycles. The SMILES string of the molecule is O=C(c1cc2n(n1)CCCO2)N(CC1CC1)CC(F)(F)F. The number of rotatable bonds is 4. The van der Waals surface area contributed by atoms with Crippen LogP contribution in [0.5, 0.6) is 5.88 Å². The number of carbonyl (C=O) groups excluding carboxylic acids is 1. The lowest BCUT2D eigenvalue weighted by molar-refractivity contribution is -0.141. The Bertz CT molecular complexity index is 514. The Balaban J connectivity index is 1.77. The van der Waals surface area contributed by atoms with Gasteiger partial charge in [0, 0.05) is 25.6 Å². The summed E-state index contributed by atoms with van der Waals surface area (Å²) in [5, 5.41) is 4.06. The van der Waals surface area contributed by atoms with Crippen LogP contribution < -0.4 is 4.74 Å². The average Bonchev–Trinajstić information content (AvgIpc) is 3.11. The van der Waals surface area contributed by atoms with E-state index in [2.05, 4.69) is 5.10 Å². The number of carbonyl (C=O) groups is 1. The standard InChI is InChI=1S/C13H16F3N3O2/c14-13(15,16)8-18(7-9-2-3-9)12(20)10-6-11-19(17-10)4-1-5-21-11/h6,9H,1-5,7-8H2. The van der Waals surface area contributed by atoms with Crippen LogP contribution in [0.4, 0.5) is 13.2 Å². The van der Waals surface area contributed by atoms with E-state index in [0.29, 0.717) is 19.0 Å². The number of halogens is 3. The number of hydrogen-bond acceptors (Lipinski definition) is 3. The molecular weight excluding hydrogens is 287 g/mol. The van der Waals surface area contributed by atoms with Gasteiger partial charge in [-0.05, 0) is 18.8 Å². The number of fused-ring (bicyclic) bond motifs is 1. The van der Waals surface area contributed by atoms with Crippen LogP contribution in [-0.4, -0.2) is 46.5 Å². The molecule has 0 saturated heterocycles. The van der Waals surface area contributed by atoms with Crippen molar-refractivity contribution < 1.29 is 22.7 Å². The Morgan fingerprint density at radius 1 is 1.48 bits per heavy atom. The maximum absolute atomic E-state index is 12.6. The molecule has 5 nitrogen and oxygen atoms in total. The predicted molar refractivity (Wildman–Crippen MR) is 67.0 cm³/mol. The van der Waals surface area contributed by atoms with Crippen LogP contribution in [0.25, 0.3) is 0 Å². The second-order valence-electron chi connectivity index (χ2n) is 5.54. The summed E-state index contributed by atoms with van der Waals surface area (Å²) in [6, 6.07) is 1.43. The molecule has 8 heteroatoms. The van der Waals surface area contributed by atoms with Gasteiger partial charge < -0.3 is 9.64 Å². The van der Waals surface area contributed by atoms with Gasteiger partial charge in [-0.15, -0.1) is 0 Å². The monoisotopic (exact) mass is 303 g/mol. The highest BCUT2D eigenvalue weighted by Crippen LogP contribution is 2.31. The largest absolute Gasteiger partial charge is 0.478 e. The van der Waals surface area contributed by atoms with Gasteiger partial charge in [0.1, 0.15) is 6.54 Å². The highest BCUT2D eigenvalue weighted by molar-refractivity contribution is 5.92. The number of amides is 1. The van der Waals surface area contributed by atoms with Gasteiger partial charge >= 0.3 is 6.18 Å². The minimum atomic E-state index is -4.40. The lowest BCUT2D eigenvalue weighted by atomic mass is 10.3. The zero-order valence-electron chi connectivity index (χ0n) is 11.4. The van der Waals surface area contributed by atoms with Crippen molar-refractivity contribution in [2.24, 2.45) is 5.92 Å². The number of aromatic nitrogens is 2. The zero-order valence-corrected chi connectivity index (χ0v) is 11.4. The van der Waals surface area contributed by atoms with E-state index in [1.165, 1.54) is 10.7 Å². The molecule has 1 aliphatic heterocycles. The summed E-state index contributed by atoms with van der Waals surface area (Å²) in [5.41, 5.74) is 0.0248. The van der Waals surface area contributed by atoms with Crippen molar-refractivity contribution in [3.8, 4) is 5.88 Å². The molecule has 116 valence electrons. The second kappa shape index (κ2) is 5.23. The molecule has 1 aromatic heterocycles. The van der Waals surface area contributed by atoms with E-state index < -0.39 is 18.6 Å². The summed E-state index contributed by atoms with van der Waals surface area (Å²) < 4.78 is 44.8. The van der Waals surface area contributed by atoms with E-state index in [1.54, 1.807) is 0 Å². The number of hydrogen-bond donors (Lipinski definition) is 0. The van der Waals surface area contributed by atoms with Gasteiger partial charge in [0.2, 0.25) is 5.88 Å². The second-order valence-corrected chi connectivity index (χ2v) is 5.54. The van der Waals surface area contributed by atoms with Gasteiger partial charge in [-0.2, -0.15) is 18.3 Å². The first kappa shape index (κ1) is 14.2. The topological polar surface area (TPSA) is 47.4 Å². The molecule has 0 unspecified atom stereocenters. The fourth-order valence-corrected chi connectivity index (χ4v) is 2.38. The summed E-state index contributed by atoms with van der Waals surface area (Å²) in [7, 11) is 0. The molecule has 1 fully saturated rings. The first-order valence-corrected chi connectivity index (χ1v) is 6.99. The van der Waals surface area contributed by atoms with Crippen LogP contribution in [0.2, 0.25) is 0 Å². The predicted octanol–water partition coefficient (Wildman–Crippen LogP) is 2.08. The van der Waals surface area contributed by atoms with Crippen LogP contribution >= 0.6 is 0 Å². The van der Waals surface area contributed by atoms with Gasteiger partial charge in [0.25, 0.3) is 5.91 Å². The maximum atomic E-state index is 12.6. The van der Waals surface area contributed by atoms with Gasteiger partial charge in [0.15, 0.2) is 5.69 Å². The molecule has 1 aromatic rings. The molecule has 0 bridgehead atoms. The highest BCUT2D eigenvalue weighted by Gasteiger charge is 2.37. The quantitative estimate of drug-likeness (QED) is 0.855. The normalized spacial score (nSPS) is 18.0. The number of nitrogens with zero attached hydrogens (tertiary/aromatic N) is 3. The van der Waals surface area contributed by atoms with Gasteiger partial charge in [0.05, 0.1) is 6.61 Å². The van der Waals surface area contributed by atoms with Crippen molar-refractivity contribution in [1.82, 2.24) is 14.7 Å².